The molecule has 8 nitrogen and oxygen atoms in total. The van der Waals surface area contributed by atoms with E-state index in [9.17, 15) is 4.79 Å². The SMILES string of the molecule is C[n+]1ccn(CC(=O)N2CCN(c3ccc(N)cc3)CCN(c3ccc(N)cc3)CC2)c1.[Cl-]. The summed E-state index contributed by atoms with van der Waals surface area (Å²) < 4.78 is 3.86. The van der Waals surface area contributed by atoms with E-state index in [2.05, 4.69) is 9.80 Å². The molecule has 3 aromatic rings. The molecular weight excluding hydrogens is 438 g/mol. The van der Waals surface area contributed by atoms with Crippen molar-refractivity contribution in [1.82, 2.24) is 9.47 Å². The first-order valence-electron chi connectivity index (χ1n) is 11.0. The van der Waals surface area contributed by atoms with E-state index in [-0.39, 0.29) is 18.3 Å². The monoisotopic (exact) mass is 469 g/mol. The molecule has 33 heavy (non-hydrogen) atoms. The second-order valence-electron chi connectivity index (χ2n) is 8.29. The number of nitrogens with zero attached hydrogens (tertiary/aromatic N) is 5. The first kappa shape index (κ1) is 24.3. The van der Waals surface area contributed by atoms with E-state index in [1.54, 1.807) is 0 Å². The molecule has 1 amide bonds. The molecule has 1 aliphatic heterocycles. The third-order valence-electron chi connectivity index (χ3n) is 5.93. The van der Waals surface area contributed by atoms with Crippen LogP contribution in [0.5, 0.6) is 0 Å². The van der Waals surface area contributed by atoms with Crippen molar-refractivity contribution in [3.63, 3.8) is 0 Å². The van der Waals surface area contributed by atoms with Crippen molar-refractivity contribution in [3.8, 4) is 0 Å². The van der Waals surface area contributed by atoms with Gasteiger partial charge in [-0.3, -0.25) is 4.79 Å². The molecule has 1 aromatic heterocycles. The summed E-state index contributed by atoms with van der Waals surface area (Å²) in [6.07, 6.45) is 5.79. The number of imidazole rings is 1. The largest absolute Gasteiger partial charge is 1.00 e. The minimum Gasteiger partial charge on any atom is -1.00 e. The lowest BCUT2D eigenvalue weighted by atomic mass is 10.2. The van der Waals surface area contributed by atoms with Gasteiger partial charge in [0.2, 0.25) is 6.33 Å². The third kappa shape index (κ3) is 6.32. The molecule has 1 aliphatic rings. The average molecular weight is 470 g/mol. The fourth-order valence-corrected chi connectivity index (χ4v) is 4.05. The molecule has 1 fully saturated rings. The lowest BCUT2D eigenvalue weighted by Crippen LogP contribution is -3.00. The van der Waals surface area contributed by atoms with Gasteiger partial charge in [0.25, 0.3) is 5.91 Å². The lowest BCUT2D eigenvalue weighted by molar-refractivity contribution is -0.671. The van der Waals surface area contributed by atoms with E-state index in [0.29, 0.717) is 19.6 Å². The van der Waals surface area contributed by atoms with Gasteiger partial charge >= 0.3 is 0 Å². The lowest BCUT2D eigenvalue weighted by Gasteiger charge is -2.28. The van der Waals surface area contributed by atoms with Crippen LogP contribution in [0.15, 0.2) is 67.3 Å². The van der Waals surface area contributed by atoms with Gasteiger partial charge in [0.1, 0.15) is 12.4 Å². The molecule has 4 rings (SSSR count). The number of carbonyl (C=O) groups excluding carboxylic acids is 1. The summed E-state index contributed by atoms with van der Waals surface area (Å²) in [5.41, 5.74) is 15.5. The van der Waals surface area contributed by atoms with Gasteiger partial charge in [-0.25, -0.2) is 9.13 Å². The molecule has 0 radical (unpaired) electrons. The quantitative estimate of drug-likeness (QED) is 0.352. The fraction of sp³-hybridized carbons (Fsp3) is 0.333. The van der Waals surface area contributed by atoms with E-state index < -0.39 is 0 Å². The van der Waals surface area contributed by atoms with Crippen molar-refractivity contribution in [2.45, 2.75) is 6.54 Å². The highest BCUT2D eigenvalue weighted by atomic mass is 35.5. The van der Waals surface area contributed by atoms with Crippen molar-refractivity contribution in [3.05, 3.63) is 67.3 Å². The highest BCUT2D eigenvalue weighted by molar-refractivity contribution is 5.76. The maximum Gasteiger partial charge on any atom is 0.264 e. The van der Waals surface area contributed by atoms with Gasteiger partial charge < -0.3 is 38.6 Å². The van der Waals surface area contributed by atoms with Gasteiger partial charge in [0.15, 0.2) is 6.54 Å². The first-order chi connectivity index (χ1) is 15.5. The average Bonchev–Trinajstić information content (AvgIpc) is 3.23. The van der Waals surface area contributed by atoms with Crippen LogP contribution < -0.4 is 38.2 Å². The van der Waals surface area contributed by atoms with Crippen LogP contribution in [-0.2, 0) is 18.4 Å². The molecule has 4 N–H and O–H groups in total. The number of nitrogens with two attached hydrogens (primary N) is 2. The zero-order chi connectivity index (χ0) is 22.5. The van der Waals surface area contributed by atoms with Crippen molar-refractivity contribution < 1.29 is 21.8 Å². The van der Waals surface area contributed by atoms with E-state index in [1.807, 2.05) is 88.3 Å². The Morgan fingerprint density at radius 3 is 1.70 bits per heavy atom. The van der Waals surface area contributed by atoms with Crippen molar-refractivity contribution in [2.75, 3.05) is 60.5 Å². The molecule has 2 heterocycles. The minimum atomic E-state index is 0. The Morgan fingerprint density at radius 1 is 0.818 bits per heavy atom. The predicted octanol–water partition coefficient (Wildman–Crippen LogP) is -1.66. The second kappa shape index (κ2) is 11.0. The molecule has 0 saturated carbocycles. The van der Waals surface area contributed by atoms with E-state index in [4.69, 9.17) is 11.5 Å². The van der Waals surface area contributed by atoms with Crippen LogP contribution in [0.1, 0.15) is 0 Å². The van der Waals surface area contributed by atoms with Crippen LogP contribution >= 0.6 is 0 Å². The molecule has 0 unspecified atom stereocenters. The van der Waals surface area contributed by atoms with E-state index in [1.165, 1.54) is 0 Å². The molecule has 2 aromatic carbocycles. The van der Waals surface area contributed by atoms with Gasteiger partial charge in [-0.2, -0.15) is 0 Å². The van der Waals surface area contributed by atoms with E-state index >= 15 is 0 Å². The van der Waals surface area contributed by atoms with Gasteiger partial charge in [-0.05, 0) is 48.5 Å². The predicted molar refractivity (Wildman–Crippen MR) is 128 cm³/mol. The normalized spacial score (nSPS) is 14.8. The van der Waals surface area contributed by atoms with Crippen molar-refractivity contribution >= 4 is 28.7 Å². The second-order valence-corrected chi connectivity index (χ2v) is 8.29. The number of aryl methyl sites for hydroxylation is 1. The van der Waals surface area contributed by atoms with Crippen LogP contribution in [-0.4, -0.2) is 54.6 Å². The number of nitrogen functional groups attached to an aromatic ring is 2. The van der Waals surface area contributed by atoms with Crippen LogP contribution in [0, 0.1) is 0 Å². The smallest absolute Gasteiger partial charge is 0.264 e. The first-order valence-corrected chi connectivity index (χ1v) is 11.0. The van der Waals surface area contributed by atoms with Crippen LogP contribution in [0.25, 0.3) is 0 Å². The number of amides is 1. The standard InChI is InChI=1S/C24H32N7O.ClH/c1-27-10-11-28(19-27)18-24(32)31-16-14-29(22-6-2-20(25)3-7-22)12-13-30(15-17-31)23-8-4-21(26)5-9-23;/h2-11,19H,12-18,25-26H2,1H3;1H/q+1;/p-1. The maximum absolute atomic E-state index is 13.2. The number of rotatable bonds is 4. The summed E-state index contributed by atoms with van der Waals surface area (Å²) in [6, 6.07) is 15.9. The highest BCUT2D eigenvalue weighted by Crippen LogP contribution is 2.20. The van der Waals surface area contributed by atoms with Gasteiger partial charge in [-0.1, -0.05) is 0 Å². The number of benzene rings is 2. The third-order valence-corrected chi connectivity index (χ3v) is 5.93. The number of hydrogen-bond acceptors (Lipinski definition) is 5. The number of halogens is 1. The Labute approximate surface area is 201 Å². The van der Waals surface area contributed by atoms with Crippen molar-refractivity contribution in [2.24, 2.45) is 7.05 Å². The van der Waals surface area contributed by atoms with Crippen molar-refractivity contribution in [1.29, 1.82) is 0 Å². The summed E-state index contributed by atoms with van der Waals surface area (Å²) in [6.45, 7) is 4.92. The van der Waals surface area contributed by atoms with E-state index in [0.717, 1.165) is 48.9 Å². The fourth-order valence-electron chi connectivity index (χ4n) is 4.05. The molecular formula is C24H32ClN7O. The number of carbonyl (C=O) groups is 1. The Morgan fingerprint density at radius 2 is 1.27 bits per heavy atom. The van der Waals surface area contributed by atoms with Gasteiger partial charge in [0.05, 0.1) is 7.05 Å². The summed E-state index contributed by atoms with van der Waals surface area (Å²) in [4.78, 5) is 19.8. The molecule has 0 atom stereocenters. The number of hydrogen-bond donors (Lipinski definition) is 2. The Kier molecular flexibility index (Phi) is 8.06. The maximum atomic E-state index is 13.2. The van der Waals surface area contributed by atoms with Gasteiger partial charge in [-0.15, -0.1) is 0 Å². The summed E-state index contributed by atoms with van der Waals surface area (Å²) >= 11 is 0. The topological polar surface area (TPSA) is 87.6 Å². The highest BCUT2D eigenvalue weighted by Gasteiger charge is 2.22. The molecule has 0 spiro atoms. The Balaban J connectivity index is 0.00000306. The van der Waals surface area contributed by atoms with Gasteiger partial charge in [0, 0.05) is 62.0 Å². The zero-order valence-electron chi connectivity index (χ0n) is 19.0. The Hall–Kier alpha value is -3.39. The molecule has 0 bridgehead atoms. The minimum absolute atomic E-state index is 0. The number of anilines is 4. The number of aromatic nitrogens is 2. The molecule has 0 aliphatic carbocycles. The zero-order valence-corrected chi connectivity index (χ0v) is 19.7. The van der Waals surface area contributed by atoms with Crippen LogP contribution in [0.3, 0.4) is 0 Å². The van der Waals surface area contributed by atoms with Crippen LogP contribution in [0.4, 0.5) is 22.7 Å². The summed E-state index contributed by atoms with van der Waals surface area (Å²) in [5.74, 6) is 0.123. The summed E-state index contributed by atoms with van der Waals surface area (Å²) in [7, 11) is 1.95. The Bertz CT molecular complexity index is 978. The molecule has 1 saturated heterocycles. The molecule has 176 valence electrons. The van der Waals surface area contributed by atoms with Crippen LogP contribution in [0.2, 0.25) is 0 Å². The molecule has 9 heteroatoms. The summed E-state index contributed by atoms with van der Waals surface area (Å²) in [5, 5.41) is 0.